The summed E-state index contributed by atoms with van der Waals surface area (Å²) in [5.74, 6) is -0.937. The Balaban J connectivity index is 1.83. The lowest BCUT2D eigenvalue weighted by molar-refractivity contribution is -0.118. The molecule has 2 aromatic rings. The maximum absolute atomic E-state index is 13.1. The molecule has 0 heterocycles. The van der Waals surface area contributed by atoms with Gasteiger partial charge < -0.3 is 20.1 Å². The molecule has 0 bridgehead atoms. The highest BCUT2D eigenvalue weighted by Gasteiger charge is 2.09. The molecular formula is C20H22ClFN2O4. The topological polar surface area (TPSA) is 76.7 Å². The fourth-order valence-corrected chi connectivity index (χ4v) is 2.44. The largest absolute Gasteiger partial charge is 0.484 e. The van der Waals surface area contributed by atoms with Crippen LogP contribution in [-0.4, -0.2) is 38.2 Å². The van der Waals surface area contributed by atoms with E-state index in [1.807, 2.05) is 6.92 Å². The van der Waals surface area contributed by atoms with E-state index in [1.165, 1.54) is 12.1 Å². The molecule has 6 nitrogen and oxygen atoms in total. The predicted octanol–water partition coefficient (Wildman–Crippen LogP) is 3.65. The summed E-state index contributed by atoms with van der Waals surface area (Å²) in [6.45, 7) is 3.37. The second-order valence-corrected chi connectivity index (χ2v) is 6.21. The van der Waals surface area contributed by atoms with Crippen molar-refractivity contribution in [3.8, 4) is 5.75 Å². The second-order valence-electron chi connectivity index (χ2n) is 5.80. The van der Waals surface area contributed by atoms with Gasteiger partial charge in [0.2, 0.25) is 0 Å². The Hall–Kier alpha value is -2.64. The van der Waals surface area contributed by atoms with Crippen LogP contribution in [0.2, 0.25) is 5.02 Å². The number of carbonyl (C=O) groups excluding carboxylic acids is 2. The highest BCUT2D eigenvalue weighted by atomic mass is 35.5. The molecule has 0 saturated heterocycles. The summed E-state index contributed by atoms with van der Waals surface area (Å²) >= 11 is 5.67. The molecule has 0 aliphatic heterocycles. The molecule has 2 rings (SSSR count). The van der Waals surface area contributed by atoms with Crippen LogP contribution in [0.15, 0.2) is 42.5 Å². The molecule has 0 atom stereocenters. The number of hydrogen-bond donors (Lipinski definition) is 2. The van der Waals surface area contributed by atoms with Gasteiger partial charge in [-0.1, -0.05) is 17.7 Å². The van der Waals surface area contributed by atoms with Gasteiger partial charge in [0.25, 0.3) is 11.8 Å². The average Bonchev–Trinajstić information content (AvgIpc) is 2.69. The Morgan fingerprint density at radius 3 is 2.75 bits per heavy atom. The van der Waals surface area contributed by atoms with Crippen molar-refractivity contribution in [1.29, 1.82) is 0 Å². The van der Waals surface area contributed by atoms with Crippen LogP contribution in [0.25, 0.3) is 0 Å². The maximum Gasteiger partial charge on any atom is 0.262 e. The molecule has 0 saturated carbocycles. The first-order valence-corrected chi connectivity index (χ1v) is 9.21. The smallest absolute Gasteiger partial charge is 0.262 e. The lowest BCUT2D eigenvalue weighted by Gasteiger charge is -2.10. The molecule has 0 aliphatic carbocycles. The van der Waals surface area contributed by atoms with E-state index in [2.05, 4.69) is 10.6 Å². The van der Waals surface area contributed by atoms with Crippen molar-refractivity contribution < 1.29 is 23.5 Å². The van der Waals surface area contributed by atoms with Crippen molar-refractivity contribution in [3.63, 3.8) is 0 Å². The van der Waals surface area contributed by atoms with Gasteiger partial charge in [0.1, 0.15) is 11.6 Å². The Morgan fingerprint density at radius 1 is 1.18 bits per heavy atom. The molecular weight excluding hydrogens is 387 g/mol. The third-order valence-corrected chi connectivity index (χ3v) is 3.91. The molecule has 2 aromatic carbocycles. The van der Waals surface area contributed by atoms with Gasteiger partial charge >= 0.3 is 0 Å². The van der Waals surface area contributed by atoms with Gasteiger partial charge in [-0.25, -0.2) is 4.39 Å². The zero-order chi connectivity index (χ0) is 20.4. The van der Waals surface area contributed by atoms with Crippen LogP contribution in [-0.2, 0) is 9.53 Å². The molecule has 2 N–H and O–H groups in total. The van der Waals surface area contributed by atoms with Crippen LogP contribution in [0.5, 0.6) is 5.75 Å². The average molecular weight is 409 g/mol. The number of ether oxygens (including phenoxy) is 2. The van der Waals surface area contributed by atoms with Crippen molar-refractivity contribution in [1.82, 2.24) is 5.32 Å². The third kappa shape index (κ3) is 7.17. The predicted molar refractivity (Wildman–Crippen MR) is 105 cm³/mol. The van der Waals surface area contributed by atoms with E-state index in [4.69, 9.17) is 21.1 Å². The minimum Gasteiger partial charge on any atom is -0.484 e. The van der Waals surface area contributed by atoms with Crippen LogP contribution in [0, 0.1) is 5.82 Å². The lowest BCUT2D eigenvalue weighted by Crippen LogP contribution is -2.25. The van der Waals surface area contributed by atoms with Crippen LogP contribution < -0.4 is 15.4 Å². The molecule has 0 aliphatic rings. The van der Waals surface area contributed by atoms with E-state index >= 15 is 0 Å². The number of rotatable bonds is 10. The Labute approximate surface area is 168 Å². The second kappa shape index (κ2) is 11.3. The molecule has 8 heteroatoms. The number of benzene rings is 2. The van der Waals surface area contributed by atoms with Crippen LogP contribution in [0.4, 0.5) is 10.1 Å². The monoisotopic (exact) mass is 408 g/mol. The number of amides is 2. The summed E-state index contributed by atoms with van der Waals surface area (Å²) in [7, 11) is 0. The van der Waals surface area contributed by atoms with Crippen molar-refractivity contribution in [2.24, 2.45) is 0 Å². The summed E-state index contributed by atoms with van der Waals surface area (Å²) in [5.41, 5.74) is 0.896. The zero-order valence-corrected chi connectivity index (χ0v) is 16.2. The highest BCUT2D eigenvalue weighted by molar-refractivity contribution is 6.30. The van der Waals surface area contributed by atoms with Crippen molar-refractivity contribution in [2.75, 3.05) is 31.7 Å². The van der Waals surface area contributed by atoms with Gasteiger partial charge in [0.05, 0.1) is 5.02 Å². The van der Waals surface area contributed by atoms with E-state index in [-0.39, 0.29) is 23.3 Å². The van der Waals surface area contributed by atoms with Gasteiger partial charge in [-0.3, -0.25) is 9.59 Å². The van der Waals surface area contributed by atoms with Gasteiger partial charge in [-0.2, -0.15) is 0 Å². The summed E-state index contributed by atoms with van der Waals surface area (Å²) in [5, 5.41) is 5.36. The molecule has 0 unspecified atom stereocenters. The van der Waals surface area contributed by atoms with Crippen molar-refractivity contribution in [3.05, 3.63) is 58.9 Å². The molecule has 0 spiro atoms. The normalized spacial score (nSPS) is 10.4. The van der Waals surface area contributed by atoms with E-state index in [1.54, 1.807) is 24.3 Å². The highest BCUT2D eigenvalue weighted by Crippen LogP contribution is 2.21. The first-order chi connectivity index (χ1) is 13.5. The molecule has 0 aromatic heterocycles. The maximum atomic E-state index is 13.1. The minimum atomic E-state index is -0.563. The molecule has 28 heavy (non-hydrogen) atoms. The third-order valence-electron chi connectivity index (χ3n) is 3.62. The minimum absolute atomic E-state index is 0.0853. The summed E-state index contributed by atoms with van der Waals surface area (Å²) < 4.78 is 23.6. The fourth-order valence-electron chi connectivity index (χ4n) is 2.27. The fraction of sp³-hybridized carbons (Fsp3) is 0.300. The Kier molecular flexibility index (Phi) is 8.71. The summed E-state index contributed by atoms with van der Waals surface area (Å²) in [4.78, 5) is 24.2. The van der Waals surface area contributed by atoms with Gasteiger partial charge in [0, 0.05) is 37.1 Å². The van der Waals surface area contributed by atoms with E-state index in [9.17, 15) is 14.0 Å². The first-order valence-electron chi connectivity index (χ1n) is 8.83. The SMILES string of the molecule is CCOCCCNC(=O)c1cccc(NC(=O)COc2ccc(F)c(Cl)c2)c1. The number of halogens is 2. The molecule has 0 radical (unpaired) electrons. The number of nitrogens with one attached hydrogen (secondary N) is 2. The number of anilines is 1. The van der Waals surface area contributed by atoms with Crippen LogP contribution in [0.1, 0.15) is 23.7 Å². The van der Waals surface area contributed by atoms with E-state index < -0.39 is 11.7 Å². The van der Waals surface area contributed by atoms with Crippen LogP contribution >= 0.6 is 11.6 Å². The number of carbonyl (C=O) groups is 2. The Bertz CT molecular complexity index is 817. The standard InChI is InChI=1S/C20H22ClFN2O4/c1-2-27-10-4-9-23-20(26)14-5-3-6-15(11-14)24-19(25)13-28-16-7-8-18(22)17(21)12-16/h3,5-8,11-12H,2,4,9-10,13H2,1H3,(H,23,26)(H,24,25). The number of hydrogen-bond acceptors (Lipinski definition) is 4. The van der Waals surface area contributed by atoms with E-state index in [0.29, 0.717) is 31.0 Å². The summed E-state index contributed by atoms with van der Waals surface area (Å²) in [6.07, 6.45) is 0.723. The van der Waals surface area contributed by atoms with Crippen molar-refractivity contribution >= 4 is 29.1 Å². The molecule has 150 valence electrons. The van der Waals surface area contributed by atoms with Gasteiger partial charge in [0.15, 0.2) is 6.61 Å². The summed E-state index contributed by atoms with van der Waals surface area (Å²) in [6, 6.07) is 10.4. The first kappa shape index (κ1) is 21.7. The lowest BCUT2D eigenvalue weighted by atomic mass is 10.2. The van der Waals surface area contributed by atoms with Crippen molar-refractivity contribution in [2.45, 2.75) is 13.3 Å². The molecule has 2 amide bonds. The van der Waals surface area contributed by atoms with Gasteiger partial charge in [-0.05, 0) is 43.7 Å². The van der Waals surface area contributed by atoms with Gasteiger partial charge in [-0.15, -0.1) is 0 Å². The Morgan fingerprint density at radius 2 is 2.00 bits per heavy atom. The quantitative estimate of drug-likeness (QED) is 0.588. The molecule has 0 fully saturated rings. The zero-order valence-electron chi connectivity index (χ0n) is 15.5. The van der Waals surface area contributed by atoms with Crippen LogP contribution in [0.3, 0.4) is 0 Å². The van der Waals surface area contributed by atoms with E-state index in [0.717, 1.165) is 12.5 Å².